The zero-order chi connectivity index (χ0) is 12.4. The SMILES string of the molecule is O=C(NCC(C1CC1)C1CC1)C1CCCCCN1. The lowest BCUT2D eigenvalue weighted by atomic mass is 9.97. The highest BCUT2D eigenvalue weighted by atomic mass is 16.2. The molecule has 102 valence electrons. The van der Waals surface area contributed by atoms with Crippen LogP contribution in [-0.2, 0) is 4.79 Å². The fraction of sp³-hybridized carbons (Fsp3) is 0.933. The molecule has 3 heteroatoms. The van der Waals surface area contributed by atoms with Crippen LogP contribution in [-0.4, -0.2) is 25.0 Å². The summed E-state index contributed by atoms with van der Waals surface area (Å²) in [6.07, 6.45) is 10.3. The molecule has 0 aromatic carbocycles. The van der Waals surface area contributed by atoms with E-state index < -0.39 is 0 Å². The summed E-state index contributed by atoms with van der Waals surface area (Å²) < 4.78 is 0. The van der Waals surface area contributed by atoms with Crippen molar-refractivity contribution in [2.24, 2.45) is 17.8 Å². The Bertz CT molecular complexity index is 277. The minimum Gasteiger partial charge on any atom is -0.354 e. The smallest absolute Gasteiger partial charge is 0.237 e. The Hall–Kier alpha value is -0.570. The first-order valence-corrected chi connectivity index (χ1v) is 7.85. The molecule has 3 rings (SSSR count). The summed E-state index contributed by atoms with van der Waals surface area (Å²) in [5, 5.41) is 6.60. The highest BCUT2D eigenvalue weighted by Gasteiger charge is 2.41. The summed E-state index contributed by atoms with van der Waals surface area (Å²) >= 11 is 0. The van der Waals surface area contributed by atoms with Gasteiger partial charge in [0.2, 0.25) is 5.91 Å². The Labute approximate surface area is 110 Å². The molecule has 1 aliphatic heterocycles. The number of hydrogen-bond donors (Lipinski definition) is 2. The summed E-state index contributed by atoms with van der Waals surface area (Å²) in [7, 11) is 0. The molecule has 0 aromatic heterocycles. The molecule has 1 atom stereocenters. The molecule has 18 heavy (non-hydrogen) atoms. The van der Waals surface area contributed by atoms with E-state index in [0.717, 1.165) is 37.3 Å². The highest BCUT2D eigenvalue weighted by molar-refractivity contribution is 5.81. The van der Waals surface area contributed by atoms with Crippen LogP contribution < -0.4 is 10.6 Å². The van der Waals surface area contributed by atoms with Crippen molar-refractivity contribution < 1.29 is 4.79 Å². The first-order valence-electron chi connectivity index (χ1n) is 7.85. The van der Waals surface area contributed by atoms with Crippen molar-refractivity contribution in [3.63, 3.8) is 0 Å². The third kappa shape index (κ3) is 3.25. The van der Waals surface area contributed by atoms with E-state index in [-0.39, 0.29) is 11.9 Å². The van der Waals surface area contributed by atoms with Crippen LogP contribution in [0, 0.1) is 17.8 Å². The molecule has 3 aliphatic rings. The predicted octanol–water partition coefficient (Wildman–Crippen LogP) is 2.07. The number of nitrogens with one attached hydrogen (secondary N) is 2. The van der Waals surface area contributed by atoms with Crippen LogP contribution in [0.15, 0.2) is 0 Å². The molecule has 3 nitrogen and oxygen atoms in total. The quantitative estimate of drug-likeness (QED) is 0.784. The maximum absolute atomic E-state index is 12.2. The molecule has 1 unspecified atom stereocenters. The van der Waals surface area contributed by atoms with E-state index in [1.807, 2.05) is 0 Å². The molecule has 0 radical (unpaired) electrons. The van der Waals surface area contributed by atoms with Crippen molar-refractivity contribution in [3.8, 4) is 0 Å². The minimum atomic E-state index is 0.0755. The van der Waals surface area contributed by atoms with Crippen LogP contribution in [0.4, 0.5) is 0 Å². The second kappa shape index (κ2) is 5.60. The predicted molar refractivity (Wildman–Crippen MR) is 72.2 cm³/mol. The van der Waals surface area contributed by atoms with Crippen LogP contribution in [0.25, 0.3) is 0 Å². The van der Waals surface area contributed by atoms with Crippen molar-refractivity contribution >= 4 is 5.91 Å². The van der Waals surface area contributed by atoms with Gasteiger partial charge in [-0.25, -0.2) is 0 Å². The second-order valence-electron chi connectivity index (χ2n) is 6.44. The van der Waals surface area contributed by atoms with E-state index in [9.17, 15) is 4.79 Å². The first kappa shape index (κ1) is 12.5. The standard InChI is InChI=1S/C15H26N2O/c18-15(14-4-2-1-3-9-16-14)17-10-13(11-5-6-11)12-7-8-12/h11-14,16H,1-10H2,(H,17,18). The number of carbonyl (C=O) groups is 1. The van der Waals surface area contributed by atoms with Gasteiger partial charge in [0.15, 0.2) is 0 Å². The van der Waals surface area contributed by atoms with Gasteiger partial charge in [0, 0.05) is 6.54 Å². The fourth-order valence-corrected chi connectivity index (χ4v) is 3.36. The molecule has 3 fully saturated rings. The van der Waals surface area contributed by atoms with Crippen LogP contribution in [0.2, 0.25) is 0 Å². The van der Waals surface area contributed by atoms with Gasteiger partial charge in [-0.3, -0.25) is 4.79 Å². The lowest BCUT2D eigenvalue weighted by Crippen LogP contribution is -2.45. The summed E-state index contributed by atoms with van der Waals surface area (Å²) in [6, 6.07) is 0.0755. The summed E-state index contributed by atoms with van der Waals surface area (Å²) in [5.41, 5.74) is 0. The van der Waals surface area contributed by atoms with Crippen molar-refractivity contribution in [2.75, 3.05) is 13.1 Å². The van der Waals surface area contributed by atoms with Gasteiger partial charge in [0.25, 0.3) is 0 Å². The van der Waals surface area contributed by atoms with Crippen molar-refractivity contribution in [1.82, 2.24) is 10.6 Å². The summed E-state index contributed by atoms with van der Waals surface area (Å²) in [6.45, 7) is 1.94. The van der Waals surface area contributed by atoms with Crippen molar-refractivity contribution in [1.29, 1.82) is 0 Å². The maximum Gasteiger partial charge on any atom is 0.237 e. The molecular formula is C15H26N2O. The monoisotopic (exact) mass is 250 g/mol. The Morgan fingerprint density at radius 3 is 2.44 bits per heavy atom. The fourth-order valence-electron chi connectivity index (χ4n) is 3.36. The van der Waals surface area contributed by atoms with Crippen LogP contribution in [0.1, 0.15) is 51.4 Å². The van der Waals surface area contributed by atoms with E-state index in [4.69, 9.17) is 0 Å². The van der Waals surface area contributed by atoms with Gasteiger partial charge in [0.1, 0.15) is 0 Å². The van der Waals surface area contributed by atoms with Gasteiger partial charge in [-0.1, -0.05) is 12.8 Å². The lowest BCUT2D eigenvalue weighted by molar-refractivity contribution is -0.123. The number of rotatable bonds is 5. The molecule has 1 saturated heterocycles. The molecule has 2 aliphatic carbocycles. The van der Waals surface area contributed by atoms with Gasteiger partial charge in [0.05, 0.1) is 6.04 Å². The molecule has 2 N–H and O–H groups in total. The normalized spacial score (nSPS) is 29.1. The number of amides is 1. The van der Waals surface area contributed by atoms with E-state index >= 15 is 0 Å². The number of hydrogen-bond acceptors (Lipinski definition) is 2. The third-order valence-electron chi connectivity index (χ3n) is 4.84. The Morgan fingerprint density at radius 1 is 1.06 bits per heavy atom. The summed E-state index contributed by atoms with van der Waals surface area (Å²) in [4.78, 5) is 12.2. The Balaban J connectivity index is 1.44. The minimum absolute atomic E-state index is 0.0755. The van der Waals surface area contributed by atoms with Gasteiger partial charge in [-0.05, 0) is 62.8 Å². The van der Waals surface area contributed by atoms with E-state index in [0.29, 0.717) is 0 Å². The zero-order valence-electron chi connectivity index (χ0n) is 11.3. The maximum atomic E-state index is 12.2. The van der Waals surface area contributed by atoms with E-state index in [2.05, 4.69) is 10.6 Å². The van der Waals surface area contributed by atoms with Crippen LogP contribution in [0.5, 0.6) is 0 Å². The Morgan fingerprint density at radius 2 is 1.78 bits per heavy atom. The van der Waals surface area contributed by atoms with Crippen molar-refractivity contribution in [3.05, 3.63) is 0 Å². The molecule has 1 heterocycles. The molecule has 0 bridgehead atoms. The molecule has 2 saturated carbocycles. The zero-order valence-corrected chi connectivity index (χ0v) is 11.3. The van der Waals surface area contributed by atoms with E-state index in [1.54, 1.807) is 0 Å². The lowest BCUT2D eigenvalue weighted by Gasteiger charge is -2.20. The van der Waals surface area contributed by atoms with Gasteiger partial charge < -0.3 is 10.6 Å². The van der Waals surface area contributed by atoms with Gasteiger partial charge >= 0.3 is 0 Å². The molecule has 0 spiro atoms. The van der Waals surface area contributed by atoms with Crippen LogP contribution >= 0.6 is 0 Å². The third-order valence-corrected chi connectivity index (χ3v) is 4.84. The summed E-state index contributed by atoms with van der Waals surface area (Å²) in [5.74, 6) is 2.91. The largest absolute Gasteiger partial charge is 0.354 e. The van der Waals surface area contributed by atoms with Gasteiger partial charge in [-0.2, -0.15) is 0 Å². The average molecular weight is 250 g/mol. The van der Waals surface area contributed by atoms with Crippen molar-refractivity contribution in [2.45, 2.75) is 57.4 Å². The van der Waals surface area contributed by atoms with Gasteiger partial charge in [-0.15, -0.1) is 0 Å². The topological polar surface area (TPSA) is 41.1 Å². The average Bonchev–Trinajstić information content (AvgIpc) is 3.21. The molecule has 1 amide bonds. The molecular weight excluding hydrogens is 224 g/mol. The first-order chi connectivity index (χ1) is 8.84. The Kier molecular flexibility index (Phi) is 3.88. The highest BCUT2D eigenvalue weighted by Crippen LogP contribution is 2.48. The number of carbonyl (C=O) groups excluding carboxylic acids is 1. The van der Waals surface area contributed by atoms with Crippen LogP contribution in [0.3, 0.4) is 0 Å². The van der Waals surface area contributed by atoms with E-state index in [1.165, 1.54) is 44.9 Å². The molecule has 0 aromatic rings. The second-order valence-corrected chi connectivity index (χ2v) is 6.44.